The second-order valence-electron chi connectivity index (χ2n) is 16.3. The minimum atomic E-state index is 0.993. The molecule has 0 aliphatic heterocycles. The van der Waals surface area contributed by atoms with E-state index in [1.807, 2.05) is 0 Å². The maximum Gasteiger partial charge on any atom is 0.146 e. The molecule has 0 radical (unpaired) electrons. The Morgan fingerprint density at radius 3 is 1.48 bits per heavy atom. The van der Waals surface area contributed by atoms with Gasteiger partial charge in [-0.3, -0.25) is 4.40 Å². The summed E-state index contributed by atoms with van der Waals surface area (Å²) in [5.41, 5.74) is 14.0. The number of benzene rings is 11. The standard InChI is InChI=1S/C59H36N2/c1-3-13-41-33-43(27-23-37(41)11-1)39-21-25-40(26-22-39)57-48-16-6-7-17-49(48)58(46-28-24-38-12-2-4-14-42(38)34-46)53-36-44(29-31-50(53)57)45-30-32-55-52(35-45)47-15-5-8-18-51(47)59-60-54-19-9-10-20-56(54)61(55)59/h1-36H. The van der Waals surface area contributed by atoms with Gasteiger partial charge in [-0.15, -0.1) is 0 Å². The first-order valence-corrected chi connectivity index (χ1v) is 21.0. The highest BCUT2D eigenvalue weighted by molar-refractivity contribution is 6.22. The Kier molecular flexibility index (Phi) is 7.34. The number of aromatic nitrogens is 2. The van der Waals surface area contributed by atoms with Crippen molar-refractivity contribution >= 4 is 81.4 Å². The molecule has 0 saturated carbocycles. The topological polar surface area (TPSA) is 17.3 Å². The number of hydrogen-bond acceptors (Lipinski definition) is 1. The summed E-state index contributed by atoms with van der Waals surface area (Å²) in [7, 11) is 0. The van der Waals surface area contributed by atoms with Gasteiger partial charge in [-0.2, -0.15) is 0 Å². The van der Waals surface area contributed by atoms with Crippen LogP contribution in [0.4, 0.5) is 0 Å². The van der Waals surface area contributed by atoms with Crippen LogP contribution in [0, 0.1) is 0 Å². The molecule has 0 N–H and O–H groups in total. The van der Waals surface area contributed by atoms with Gasteiger partial charge in [0, 0.05) is 10.8 Å². The van der Waals surface area contributed by atoms with Crippen molar-refractivity contribution < 1.29 is 0 Å². The van der Waals surface area contributed by atoms with E-state index in [0.717, 1.165) is 27.6 Å². The van der Waals surface area contributed by atoms with Crippen LogP contribution in [0.1, 0.15) is 0 Å². The number of para-hydroxylation sites is 2. The number of pyridine rings is 1. The van der Waals surface area contributed by atoms with E-state index in [-0.39, 0.29) is 0 Å². The maximum absolute atomic E-state index is 5.12. The van der Waals surface area contributed by atoms with Gasteiger partial charge in [0.1, 0.15) is 5.65 Å². The number of nitrogens with zero attached hydrogens (tertiary/aromatic N) is 2. The van der Waals surface area contributed by atoms with Gasteiger partial charge < -0.3 is 0 Å². The van der Waals surface area contributed by atoms with E-state index in [1.54, 1.807) is 0 Å². The molecule has 0 fully saturated rings. The molecule has 0 spiro atoms. The number of hydrogen-bond donors (Lipinski definition) is 0. The molecule has 13 aromatic rings. The van der Waals surface area contributed by atoms with Crippen LogP contribution in [-0.4, -0.2) is 9.38 Å². The third-order valence-corrected chi connectivity index (χ3v) is 12.9. The van der Waals surface area contributed by atoms with Crippen LogP contribution in [0.2, 0.25) is 0 Å². The molecule has 0 aliphatic rings. The molecule has 2 heteroatoms. The van der Waals surface area contributed by atoms with Crippen LogP contribution in [0.3, 0.4) is 0 Å². The maximum atomic E-state index is 5.12. The van der Waals surface area contributed by atoms with Crippen molar-refractivity contribution in [1.29, 1.82) is 0 Å². The van der Waals surface area contributed by atoms with Gasteiger partial charge in [0.05, 0.1) is 16.6 Å². The zero-order valence-corrected chi connectivity index (χ0v) is 33.2. The largest absolute Gasteiger partial charge is 0.292 e. The van der Waals surface area contributed by atoms with Crippen molar-refractivity contribution in [3.63, 3.8) is 0 Å². The number of rotatable bonds is 4. The average Bonchev–Trinajstić information content (AvgIpc) is 3.73. The Morgan fingerprint density at radius 1 is 0.262 bits per heavy atom. The molecule has 11 aromatic carbocycles. The lowest BCUT2D eigenvalue weighted by Crippen LogP contribution is -1.93. The summed E-state index contributed by atoms with van der Waals surface area (Å²) in [6.45, 7) is 0. The van der Waals surface area contributed by atoms with Crippen LogP contribution in [0.25, 0.3) is 126 Å². The second kappa shape index (κ2) is 13.2. The zero-order chi connectivity index (χ0) is 40.0. The van der Waals surface area contributed by atoms with Crippen molar-refractivity contribution in [3.05, 3.63) is 218 Å². The van der Waals surface area contributed by atoms with Gasteiger partial charge in [0.15, 0.2) is 0 Å². The lowest BCUT2D eigenvalue weighted by Gasteiger charge is -2.19. The Balaban J connectivity index is 1.05. The summed E-state index contributed by atoms with van der Waals surface area (Å²) in [6, 6.07) is 80.3. The minimum Gasteiger partial charge on any atom is -0.292 e. The van der Waals surface area contributed by atoms with Crippen LogP contribution in [0.15, 0.2) is 218 Å². The highest BCUT2D eigenvalue weighted by atomic mass is 15.0. The van der Waals surface area contributed by atoms with Crippen LogP contribution < -0.4 is 0 Å². The molecular formula is C59H36N2. The summed E-state index contributed by atoms with van der Waals surface area (Å²) >= 11 is 0. The summed E-state index contributed by atoms with van der Waals surface area (Å²) < 4.78 is 2.33. The fourth-order valence-corrected chi connectivity index (χ4v) is 10.0. The molecule has 0 unspecified atom stereocenters. The molecule has 0 saturated heterocycles. The molecule has 2 nitrogen and oxygen atoms in total. The smallest absolute Gasteiger partial charge is 0.146 e. The predicted molar refractivity (Wildman–Crippen MR) is 259 cm³/mol. The highest BCUT2D eigenvalue weighted by Crippen LogP contribution is 2.46. The summed E-state index contributed by atoms with van der Waals surface area (Å²) in [6.07, 6.45) is 0. The summed E-state index contributed by atoms with van der Waals surface area (Å²) in [5, 5.41) is 13.5. The van der Waals surface area contributed by atoms with Gasteiger partial charge in [0.25, 0.3) is 0 Å². The monoisotopic (exact) mass is 772 g/mol. The Morgan fingerprint density at radius 2 is 0.738 bits per heavy atom. The Bertz CT molecular complexity index is 3930. The molecule has 61 heavy (non-hydrogen) atoms. The van der Waals surface area contributed by atoms with E-state index in [4.69, 9.17) is 4.98 Å². The molecule has 0 amide bonds. The van der Waals surface area contributed by atoms with Gasteiger partial charge >= 0.3 is 0 Å². The number of fused-ring (bicyclic) bond motifs is 12. The molecule has 2 aromatic heterocycles. The van der Waals surface area contributed by atoms with Crippen LogP contribution in [-0.2, 0) is 0 Å². The van der Waals surface area contributed by atoms with Gasteiger partial charge in [-0.05, 0) is 135 Å². The predicted octanol–water partition coefficient (Wildman–Crippen LogP) is 16.1. The van der Waals surface area contributed by atoms with E-state index < -0.39 is 0 Å². The van der Waals surface area contributed by atoms with Gasteiger partial charge in [-0.1, -0.05) is 176 Å². The third-order valence-electron chi connectivity index (χ3n) is 12.9. The Hall–Kier alpha value is -8.07. The first kappa shape index (κ1) is 33.9. The van der Waals surface area contributed by atoms with Crippen molar-refractivity contribution in [3.8, 4) is 44.5 Å². The molecular weight excluding hydrogens is 737 g/mol. The second-order valence-corrected chi connectivity index (χ2v) is 16.3. The van der Waals surface area contributed by atoms with E-state index in [1.165, 1.54) is 98.4 Å². The molecule has 0 bridgehead atoms. The van der Waals surface area contributed by atoms with E-state index in [9.17, 15) is 0 Å². The van der Waals surface area contributed by atoms with Crippen molar-refractivity contribution in [2.75, 3.05) is 0 Å². The van der Waals surface area contributed by atoms with Gasteiger partial charge in [-0.25, -0.2) is 4.98 Å². The zero-order valence-electron chi connectivity index (χ0n) is 33.2. The van der Waals surface area contributed by atoms with Crippen molar-refractivity contribution in [2.24, 2.45) is 0 Å². The molecule has 282 valence electrons. The van der Waals surface area contributed by atoms with Crippen molar-refractivity contribution in [2.45, 2.75) is 0 Å². The summed E-state index contributed by atoms with van der Waals surface area (Å²) in [5.74, 6) is 0. The van der Waals surface area contributed by atoms with E-state index >= 15 is 0 Å². The molecule has 13 rings (SSSR count). The fourth-order valence-electron chi connectivity index (χ4n) is 10.0. The first-order chi connectivity index (χ1) is 30.2. The van der Waals surface area contributed by atoms with E-state index in [0.29, 0.717) is 0 Å². The van der Waals surface area contributed by atoms with Crippen LogP contribution in [0.5, 0.6) is 0 Å². The minimum absolute atomic E-state index is 0.993. The Labute approximate surface area is 352 Å². The first-order valence-electron chi connectivity index (χ1n) is 21.0. The fraction of sp³-hybridized carbons (Fsp3) is 0. The highest BCUT2D eigenvalue weighted by Gasteiger charge is 2.19. The number of imidazole rings is 1. The average molecular weight is 773 g/mol. The third kappa shape index (κ3) is 5.26. The lowest BCUT2D eigenvalue weighted by molar-refractivity contribution is 1.31. The van der Waals surface area contributed by atoms with Gasteiger partial charge in [0.2, 0.25) is 0 Å². The quantitative estimate of drug-likeness (QED) is 0.129. The lowest BCUT2D eigenvalue weighted by atomic mass is 9.84. The summed E-state index contributed by atoms with van der Waals surface area (Å²) in [4.78, 5) is 5.12. The SMILES string of the molecule is c1ccc2cc(-c3ccc(-c4c5ccccc5c(-c5ccc6ccccc6c5)c5cc(-c6ccc7c(c6)c6ccccc6c6nc8ccccc8n76)ccc45)cc3)ccc2c1. The van der Waals surface area contributed by atoms with Crippen molar-refractivity contribution in [1.82, 2.24) is 9.38 Å². The molecule has 0 aliphatic carbocycles. The normalized spacial score (nSPS) is 11.9. The van der Waals surface area contributed by atoms with Crippen LogP contribution >= 0.6 is 0 Å². The molecule has 0 atom stereocenters. The molecule has 2 heterocycles. The van der Waals surface area contributed by atoms with E-state index in [2.05, 4.69) is 223 Å².